The lowest BCUT2D eigenvalue weighted by atomic mass is 9.97. The van der Waals surface area contributed by atoms with E-state index in [1.807, 2.05) is 48.7 Å². The summed E-state index contributed by atoms with van der Waals surface area (Å²) in [7, 11) is 2.09. The van der Waals surface area contributed by atoms with Crippen LogP contribution in [0.25, 0.3) is 0 Å². The van der Waals surface area contributed by atoms with E-state index in [9.17, 15) is 4.79 Å². The number of pyridine rings is 1. The van der Waals surface area contributed by atoms with Crippen molar-refractivity contribution in [3.63, 3.8) is 0 Å². The van der Waals surface area contributed by atoms with Gasteiger partial charge in [0.15, 0.2) is 0 Å². The molecule has 0 atom stereocenters. The summed E-state index contributed by atoms with van der Waals surface area (Å²) in [5, 5.41) is 9.84. The molecule has 3 aromatic rings. The van der Waals surface area contributed by atoms with Gasteiger partial charge in [-0.1, -0.05) is 29.8 Å². The van der Waals surface area contributed by atoms with Gasteiger partial charge < -0.3 is 14.7 Å². The van der Waals surface area contributed by atoms with Crippen LogP contribution < -0.4 is 9.64 Å². The average Bonchev–Trinajstić information content (AvgIpc) is 2.82. The topological polar surface area (TPSA) is 65.9 Å². The Bertz CT molecular complexity index is 1050. The molecule has 1 N–H and O–H groups in total. The van der Waals surface area contributed by atoms with Crippen molar-refractivity contribution in [2.75, 3.05) is 25.0 Å². The predicted octanol–water partition coefficient (Wildman–Crippen LogP) is 5.46. The molecule has 1 aromatic heterocycles. The Hall–Kier alpha value is -3.09. The molecule has 6 nitrogen and oxygen atoms in total. The highest BCUT2D eigenvalue weighted by atomic mass is 35.5. The molecule has 172 valence electrons. The summed E-state index contributed by atoms with van der Waals surface area (Å²) in [6.45, 7) is 3.07. The SMILES string of the molecule is CN(Cc1ccc(Oc2ccc(Cl)cc2)cc1)Cc1ccc(N2CCC(C(=O)O)CC2)nc1. The molecule has 2 aromatic carbocycles. The Labute approximate surface area is 199 Å². The van der Waals surface area contributed by atoms with E-state index in [-0.39, 0.29) is 5.92 Å². The lowest BCUT2D eigenvalue weighted by Gasteiger charge is -2.31. The smallest absolute Gasteiger partial charge is 0.306 e. The zero-order valence-corrected chi connectivity index (χ0v) is 19.4. The van der Waals surface area contributed by atoms with Crippen LogP contribution in [0.5, 0.6) is 11.5 Å². The van der Waals surface area contributed by atoms with Gasteiger partial charge in [0.05, 0.1) is 5.92 Å². The lowest BCUT2D eigenvalue weighted by Crippen LogP contribution is -2.36. The van der Waals surface area contributed by atoms with Gasteiger partial charge in [-0.25, -0.2) is 4.98 Å². The molecule has 4 rings (SSSR count). The molecule has 0 unspecified atom stereocenters. The van der Waals surface area contributed by atoms with Crippen LogP contribution in [0.1, 0.15) is 24.0 Å². The maximum absolute atomic E-state index is 11.1. The number of carboxylic acids is 1. The third-order valence-corrected chi connectivity index (χ3v) is 6.11. The summed E-state index contributed by atoms with van der Waals surface area (Å²) in [5.74, 6) is 1.54. The molecule has 0 radical (unpaired) electrons. The highest BCUT2D eigenvalue weighted by molar-refractivity contribution is 6.30. The molecule has 1 fully saturated rings. The molecule has 0 bridgehead atoms. The van der Waals surface area contributed by atoms with Crippen LogP contribution in [-0.4, -0.2) is 41.1 Å². The first-order valence-corrected chi connectivity index (χ1v) is 11.5. The molecular weight excluding hydrogens is 438 g/mol. The summed E-state index contributed by atoms with van der Waals surface area (Å²) in [6.07, 6.45) is 3.26. The van der Waals surface area contributed by atoms with E-state index in [4.69, 9.17) is 21.4 Å². The van der Waals surface area contributed by atoms with Crippen LogP contribution in [0.4, 0.5) is 5.82 Å². The minimum Gasteiger partial charge on any atom is -0.481 e. The van der Waals surface area contributed by atoms with Gasteiger partial charge in [0.2, 0.25) is 0 Å². The average molecular weight is 466 g/mol. The van der Waals surface area contributed by atoms with Crippen LogP contribution in [0.15, 0.2) is 66.9 Å². The van der Waals surface area contributed by atoms with Crippen LogP contribution >= 0.6 is 11.6 Å². The fourth-order valence-corrected chi connectivity index (χ4v) is 4.16. The van der Waals surface area contributed by atoms with Gasteiger partial charge in [-0.2, -0.15) is 0 Å². The number of hydrogen-bond acceptors (Lipinski definition) is 5. The van der Waals surface area contributed by atoms with E-state index in [0.717, 1.165) is 49.1 Å². The van der Waals surface area contributed by atoms with Crippen LogP contribution in [-0.2, 0) is 17.9 Å². The number of aromatic nitrogens is 1. The third-order valence-electron chi connectivity index (χ3n) is 5.85. The highest BCUT2D eigenvalue weighted by Gasteiger charge is 2.24. The standard InChI is InChI=1S/C26H28ClN3O3/c1-29(17-19-2-7-23(8-3-19)33-24-9-5-22(27)6-10-24)18-20-4-11-25(28-16-20)30-14-12-21(13-15-30)26(31)32/h2-11,16,21H,12-15,17-18H2,1H3,(H,31,32). The molecule has 0 aliphatic carbocycles. The summed E-state index contributed by atoms with van der Waals surface area (Å²) >= 11 is 5.92. The monoisotopic (exact) mass is 465 g/mol. The number of aliphatic carboxylic acids is 1. The number of hydrogen-bond donors (Lipinski definition) is 1. The third kappa shape index (κ3) is 6.46. The zero-order valence-electron chi connectivity index (χ0n) is 18.7. The van der Waals surface area contributed by atoms with E-state index in [2.05, 4.69) is 40.0 Å². The lowest BCUT2D eigenvalue weighted by molar-refractivity contribution is -0.142. The summed E-state index contributed by atoms with van der Waals surface area (Å²) in [5.41, 5.74) is 2.34. The van der Waals surface area contributed by atoms with Crippen molar-refractivity contribution in [1.82, 2.24) is 9.88 Å². The molecule has 0 saturated carbocycles. The van der Waals surface area contributed by atoms with Crippen molar-refractivity contribution >= 4 is 23.4 Å². The molecule has 1 aliphatic rings. The summed E-state index contributed by atoms with van der Waals surface area (Å²) < 4.78 is 5.85. The predicted molar refractivity (Wildman–Crippen MR) is 130 cm³/mol. The minimum absolute atomic E-state index is 0.229. The van der Waals surface area contributed by atoms with Crippen molar-refractivity contribution in [2.24, 2.45) is 5.92 Å². The molecule has 7 heteroatoms. The number of carbonyl (C=O) groups is 1. The Morgan fingerprint density at radius 3 is 2.15 bits per heavy atom. The van der Waals surface area contributed by atoms with Crippen molar-refractivity contribution in [3.8, 4) is 11.5 Å². The second-order valence-electron chi connectivity index (χ2n) is 8.50. The van der Waals surface area contributed by atoms with Gasteiger partial charge in [0, 0.05) is 37.4 Å². The van der Waals surface area contributed by atoms with Gasteiger partial charge in [-0.3, -0.25) is 9.69 Å². The van der Waals surface area contributed by atoms with Crippen LogP contribution in [0, 0.1) is 5.92 Å². The largest absolute Gasteiger partial charge is 0.481 e. The number of anilines is 1. The summed E-state index contributed by atoms with van der Waals surface area (Å²) in [4.78, 5) is 20.2. The van der Waals surface area contributed by atoms with Gasteiger partial charge in [-0.15, -0.1) is 0 Å². The number of piperidine rings is 1. The number of benzene rings is 2. The number of nitrogens with zero attached hydrogens (tertiary/aromatic N) is 3. The Balaban J connectivity index is 1.26. The zero-order chi connectivity index (χ0) is 23.2. The Kier molecular flexibility index (Phi) is 7.47. The normalized spacial score (nSPS) is 14.5. The van der Waals surface area contributed by atoms with E-state index >= 15 is 0 Å². The summed E-state index contributed by atoms with van der Waals surface area (Å²) in [6, 6.07) is 19.5. The molecule has 33 heavy (non-hydrogen) atoms. The van der Waals surface area contributed by atoms with Gasteiger partial charge in [0.25, 0.3) is 0 Å². The van der Waals surface area contributed by atoms with E-state index in [1.54, 1.807) is 0 Å². The molecule has 2 heterocycles. The number of ether oxygens (including phenoxy) is 1. The first-order chi connectivity index (χ1) is 16.0. The fourth-order valence-electron chi connectivity index (χ4n) is 4.03. The van der Waals surface area contributed by atoms with E-state index < -0.39 is 5.97 Å². The minimum atomic E-state index is -0.690. The quantitative estimate of drug-likeness (QED) is 0.476. The number of rotatable bonds is 8. The highest BCUT2D eigenvalue weighted by Crippen LogP contribution is 2.24. The maximum atomic E-state index is 11.1. The van der Waals surface area contributed by atoms with Crippen molar-refractivity contribution in [1.29, 1.82) is 0 Å². The van der Waals surface area contributed by atoms with Crippen LogP contribution in [0.2, 0.25) is 5.02 Å². The van der Waals surface area contributed by atoms with E-state index in [0.29, 0.717) is 17.9 Å². The van der Waals surface area contributed by atoms with Crippen molar-refractivity contribution < 1.29 is 14.6 Å². The molecule has 1 aliphatic heterocycles. The van der Waals surface area contributed by atoms with Crippen LogP contribution in [0.3, 0.4) is 0 Å². The Morgan fingerprint density at radius 1 is 1.00 bits per heavy atom. The first-order valence-electron chi connectivity index (χ1n) is 11.1. The Morgan fingerprint density at radius 2 is 1.58 bits per heavy atom. The molecule has 0 spiro atoms. The number of halogens is 1. The molecule has 1 saturated heterocycles. The van der Waals surface area contributed by atoms with Crippen molar-refractivity contribution in [2.45, 2.75) is 25.9 Å². The fraction of sp³-hybridized carbons (Fsp3) is 0.308. The second-order valence-corrected chi connectivity index (χ2v) is 8.93. The maximum Gasteiger partial charge on any atom is 0.306 e. The van der Waals surface area contributed by atoms with E-state index in [1.165, 1.54) is 5.56 Å². The molecule has 0 amide bonds. The molecular formula is C26H28ClN3O3. The first kappa shape index (κ1) is 23.1. The van der Waals surface area contributed by atoms with Gasteiger partial charge in [-0.05, 0) is 73.5 Å². The second kappa shape index (κ2) is 10.7. The number of carboxylic acid groups (broad SMARTS) is 1. The van der Waals surface area contributed by atoms with Gasteiger partial charge in [0.1, 0.15) is 17.3 Å². The van der Waals surface area contributed by atoms with Gasteiger partial charge >= 0.3 is 5.97 Å². The van der Waals surface area contributed by atoms with Crippen molar-refractivity contribution in [3.05, 3.63) is 83.0 Å².